The number of nitrogens with zero attached hydrogens (tertiary/aromatic N) is 3. The van der Waals surface area contributed by atoms with Gasteiger partial charge in [-0.2, -0.15) is 0 Å². The zero-order valence-corrected chi connectivity index (χ0v) is 15.0. The first-order valence-electron chi connectivity index (χ1n) is 8.12. The molecule has 0 bridgehead atoms. The van der Waals surface area contributed by atoms with Crippen LogP contribution in [0.1, 0.15) is 10.4 Å². The molecule has 136 valence electrons. The van der Waals surface area contributed by atoms with Crippen molar-refractivity contribution in [2.24, 2.45) is 0 Å². The van der Waals surface area contributed by atoms with Crippen LogP contribution in [-0.4, -0.2) is 48.2 Å². The summed E-state index contributed by atoms with van der Waals surface area (Å²) >= 11 is 1.27. The van der Waals surface area contributed by atoms with Crippen molar-refractivity contribution in [3.8, 4) is 0 Å². The molecule has 0 aliphatic carbocycles. The Morgan fingerprint density at radius 1 is 1.15 bits per heavy atom. The fourth-order valence-corrected chi connectivity index (χ4v) is 3.55. The van der Waals surface area contributed by atoms with E-state index in [0.717, 1.165) is 0 Å². The van der Waals surface area contributed by atoms with E-state index in [9.17, 15) is 19.3 Å². The van der Waals surface area contributed by atoms with Gasteiger partial charge in [0.15, 0.2) is 0 Å². The van der Waals surface area contributed by atoms with Gasteiger partial charge in [0.25, 0.3) is 11.6 Å². The number of halogens is 1. The molecular weight excluding hydrogens is 357 g/mol. The van der Waals surface area contributed by atoms with E-state index < -0.39 is 4.92 Å². The average Bonchev–Trinajstić information content (AvgIpc) is 2.67. The Kier molecular flexibility index (Phi) is 5.41. The lowest BCUT2D eigenvalue weighted by atomic mass is 10.1. The van der Waals surface area contributed by atoms with Crippen molar-refractivity contribution in [3.05, 3.63) is 64.0 Å². The number of thioether (sulfide) groups is 1. The van der Waals surface area contributed by atoms with Gasteiger partial charge in [0.1, 0.15) is 5.82 Å². The summed E-state index contributed by atoms with van der Waals surface area (Å²) < 4.78 is 13.9. The number of para-hydroxylation sites is 1. The monoisotopic (exact) mass is 375 g/mol. The summed E-state index contributed by atoms with van der Waals surface area (Å²) in [5.41, 5.74) is 0.766. The van der Waals surface area contributed by atoms with Crippen molar-refractivity contribution >= 4 is 29.0 Å². The number of hydrogen-bond donors (Lipinski definition) is 0. The SMILES string of the molecule is CSc1ccc(C(=O)N2CCN(c3ccccc3F)CC2)cc1[N+](=O)[O-]. The van der Waals surface area contributed by atoms with Crippen LogP contribution in [0.4, 0.5) is 15.8 Å². The topological polar surface area (TPSA) is 66.7 Å². The number of carbonyl (C=O) groups is 1. The number of carbonyl (C=O) groups excluding carboxylic acids is 1. The highest BCUT2D eigenvalue weighted by Gasteiger charge is 2.25. The van der Waals surface area contributed by atoms with Crippen LogP contribution in [0.2, 0.25) is 0 Å². The summed E-state index contributed by atoms with van der Waals surface area (Å²) in [6.07, 6.45) is 1.76. The predicted molar refractivity (Wildman–Crippen MR) is 99.4 cm³/mol. The second-order valence-corrected chi connectivity index (χ2v) is 6.72. The van der Waals surface area contributed by atoms with Crippen molar-refractivity contribution < 1.29 is 14.1 Å². The molecule has 8 heteroatoms. The van der Waals surface area contributed by atoms with Gasteiger partial charge in [-0.3, -0.25) is 14.9 Å². The van der Waals surface area contributed by atoms with Gasteiger partial charge in [-0.25, -0.2) is 4.39 Å². The van der Waals surface area contributed by atoms with E-state index in [0.29, 0.717) is 42.3 Å². The lowest BCUT2D eigenvalue weighted by molar-refractivity contribution is -0.387. The first-order valence-corrected chi connectivity index (χ1v) is 9.35. The Labute approximate surface area is 154 Å². The summed E-state index contributed by atoms with van der Waals surface area (Å²) in [6.45, 7) is 1.89. The standard InChI is InChI=1S/C18H18FN3O3S/c1-26-17-7-6-13(12-16(17)22(24)25)18(23)21-10-8-20(9-11-21)15-5-3-2-4-14(15)19/h2-7,12H,8-11H2,1H3. The summed E-state index contributed by atoms with van der Waals surface area (Å²) in [5.74, 6) is -0.524. The van der Waals surface area contributed by atoms with E-state index in [4.69, 9.17) is 0 Å². The van der Waals surface area contributed by atoms with E-state index in [1.54, 1.807) is 41.5 Å². The Morgan fingerprint density at radius 2 is 1.85 bits per heavy atom. The second kappa shape index (κ2) is 7.74. The molecule has 1 aliphatic heterocycles. The van der Waals surface area contributed by atoms with Gasteiger partial charge in [0.05, 0.1) is 15.5 Å². The molecule has 0 spiro atoms. The van der Waals surface area contributed by atoms with Crippen molar-refractivity contribution in [2.75, 3.05) is 37.3 Å². The maximum atomic E-state index is 13.9. The molecule has 0 radical (unpaired) electrons. The summed E-state index contributed by atoms with van der Waals surface area (Å²) in [4.78, 5) is 27.5. The first-order chi connectivity index (χ1) is 12.5. The maximum absolute atomic E-state index is 13.9. The number of nitro benzene ring substituents is 1. The molecular formula is C18H18FN3O3S. The van der Waals surface area contributed by atoms with Crippen molar-refractivity contribution in [2.45, 2.75) is 4.90 Å². The highest BCUT2D eigenvalue weighted by atomic mass is 32.2. The number of piperazine rings is 1. The van der Waals surface area contributed by atoms with E-state index in [1.807, 2.05) is 4.90 Å². The molecule has 0 unspecified atom stereocenters. The molecule has 2 aromatic rings. The van der Waals surface area contributed by atoms with Crippen LogP contribution in [-0.2, 0) is 0 Å². The first kappa shape index (κ1) is 18.2. The zero-order chi connectivity index (χ0) is 18.7. The molecule has 0 atom stereocenters. The maximum Gasteiger partial charge on any atom is 0.283 e. The molecule has 2 aromatic carbocycles. The van der Waals surface area contributed by atoms with E-state index in [1.165, 1.54) is 23.9 Å². The summed E-state index contributed by atoms with van der Waals surface area (Å²) in [5, 5.41) is 11.2. The van der Waals surface area contributed by atoms with Crippen LogP contribution in [0.25, 0.3) is 0 Å². The fraction of sp³-hybridized carbons (Fsp3) is 0.278. The summed E-state index contributed by atoms with van der Waals surface area (Å²) in [7, 11) is 0. The van der Waals surface area contributed by atoms with Crippen molar-refractivity contribution in [1.29, 1.82) is 0 Å². The third kappa shape index (κ3) is 3.65. The normalized spacial score (nSPS) is 14.4. The van der Waals surface area contributed by atoms with Crippen molar-refractivity contribution in [1.82, 2.24) is 4.90 Å². The molecule has 1 saturated heterocycles. The highest BCUT2D eigenvalue weighted by molar-refractivity contribution is 7.98. The lowest BCUT2D eigenvalue weighted by Crippen LogP contribution is -2.49. The molecule has 1 heterocycles. The number of amides is 1. The van der Waals surface area contributed by atoms with Gasteiger partial charge < -0.3 is 9.80 Å². The predicted octanol–water partition coefficient (Wildman–Crippen LogP) is 3.42. The quantitative estimate of drug-likeness (QED) is 0.465. The number of hydrogen-bond acceptors (Lipinski definition) is 5. The van der Waals surface area contributed by atoms with Gasteiger partial charge in [0, 0.05) is 37.8 Å². The Balaban J connectivity index is 1.72. The Morgan fingerprint density at radius 3 is 2.46 bits per heavy atom. The second-order valence-electron chi connectivity index (χ2n) is 5.87. The number of rotatable bonds is 4. The average molecular weight is 375 g/mol. The Bertz CT molecular complexity index is 838. The minimum absolute atomic E-state index is 0.0617. The van der Waals surface area contributed by atoms with Gasteiger partial charge in [-0.15, -0.1) is 11.8 Å². The highest BCUT2D eigenvalue weighted by Crippen LogP contribution is 2.29. The molecule has 1 amide bonds. The van der Waals surface area contributed by atoms with Gasteiger partial charge in [-0.05, 0) is 30.5 Å². The Hall–Kier alpha value is -2.61. The number of anilines is 1. The largest absolute Gasteiger partial charge is 0.366 e. The van der Waals surface area contributed by atoms with E-state index in [2.05, 4.69) is 0 Å². The minimum atomic E-state index is -0.473. The van der Waals surface area contributed by atoms with Crippen LogP contribution < -0.4 is 4.90 Å². The molecule has 0 saturated carbocycles. The third-order valence-corrected chi connectivity index (χ3v) is 5.17. The molecule has 0 aromatic heterocycles. The summed E-state index contributed by atoms with van der Waals surface area (Å²) in [6, 6.07) is 11.1. The minimum Gasteiger partial charge on any atom is -0.366 e. The van der Waals surface area contributed by atoms with Crippen LogP contribution in [0.5, 0.6) is 0 Å². The lowest BCUT2D eigenvalue weighted by Gasteiger charge is -2.36. The van der Waals surface area contributed by atoms with Gasteiger partial charge in [-0.1, -0.05) is 12.1 Å². The fourth-order valence-electron chi connectivity index (χ4n) is 3.01. The van der Waals surface area contributed by atoms with Crippen LogP contribution >= 0.6 is 11.8 Å². The van der Waals surface area contributed by atoms with Gasteiger partial charge in [0.2, 0.25) is 0 Å². The third-order valence-electron chi connectivity index (χ3n) is 4.38. The zero-order valence-electron chi connectivity index (χ0n) is 14.2. The molecule has 3 rings (SSSR count). The molecule has 0 N–H and O–H groups in total. The van der Waals surface area contributed by atoms with Crippen LogP contribution in [0.15, 0.2) is 47.4 Å². The number of benzene rings is 2. The van der Waals surface area contributed by atoms with Crippen LogP contribution in [0.3, 0.4) is 0 Å². The van der Waals surface area contributed by atoms with E-state index >= 15 is 0 Å². The van der Waals surface area contributed by atoms with Crippen LogP contribution in [0, 0.1) is 15.9 Å². The number of nitro groups is 1. The smallest absolute Gasteiger partial charge is 0.283 e. The molecule has 1 fully saturated rings. The van der Waals surface area contributed by atoms with Gasteiger partial charge >= 0.3 is 0 Å². The molecule has 6 nitrogen and oxygen atoms in total. The van der Waals surface area contributed by atoms with E-state index in [-0.39, 0.29) is 17.4 Å². The molecule has 26 heavy (non-hydrogen) atoms. The van der Waals surface area contributed by atoms with Crippen molar-refractivity contribution in [3.63, 3.8) is 0 Å². The molecule has 1 aliphatic rings.